The van der Waals surface area contributed by atoms with Crippen LogP contribution in [0.2, 0.25) is 0 Å². The molecular weight excluding hydrogens is 270 g/mol. The van der Waals surface area contributed by atoms with Gasteiger partial charge in [0, 0.05) is 23.9 Å². The van der Waals surface area contributed by atoms with Crippen LogP contribution in [0.15, 0.2) is 18.2 Å². The number of non-ortho nitro benzene ring substituents is 1. The zero-order valence-electron chi connectivity index (χ0n) is 12.6. The Balaban J connectivity index is 2.16. The van der Waals surface area contributed by atoms with Crippen LogP contribution in [-0.2, 0) is 0 Å². The molecule has 2 N–H and O–H groups in total. The van der Waals surface area contributed by atoms with Gasteiger partial charge in [-0.25, -0.2) is 0 Å². The van der Waals surface area contributed by atoms with E-state index in [-0.39, 0.29) is 16.7 Å². The Hall–Kier alpha value is -1.82. The number of hydrogen-bond acceptors (Lipinski definition) is 5. The summed E-state index contributed by atoms with van der Waals surface area (Å²) in [6.45, 7) is 5.82. The lowest BCUT2D eigenvalue weighted by molar-refractivity contribution is -0.384. The molecule has 116 valence electrons. The summed E-state index contributed by atoms with van der Waals surface area (Å²) in [5.41, 5.74) is 0.814. The van der Waals surface area contributed by atoms with E-state index in [1.54, 1.807) is 6.07 Å². The van der Waals surface area contributed by atoms with Gasteiger partial charge >= 0.3 is 0 Å². The van der Waals surface area contributed by atoms with Crippen molar-refractivity contribution in [1.29, 1.82) is 0 Å². The number of hydrogen-bond donors (Lipinski definition) is 2. The highest BCUT2D eigenvalue weighted by Crippen LogP contribution is 2.28. The second-order valence-corrected chi connectivity index (χ2v) is 5.66. The van der Waals surface area contributed by atoms with Gasteiger partial charge in [-0.1, -0.05) is 0 Å². The first-order valence-corrected chi connectivity index (χ1v) is 7.48. The molecule has 0 aromatic heterocycles. The van der Waals surface area contributed by atoms with Gasteiger partial charge in [0.25, 0.3) is 5.69 Å². The Morgan fingerprint density at radius 1 is 1.33 bits per heavy atom. The molecule has 0 aliphatic carbocycles. The molecule has 0 saturated carbocycles. The lowest BCUT2D eigenvalue weighted by Gasteiger charge is -2.18. The summed E-state index contributed by atoms with van der Waals surface area (Å²) in [5.74, 6) is 0.536. The van der Waals surface area contributed by atoms with E-state index in [1.165, 1.54) is 6.07 Å². The van der Waals surface area contributed by atoms with E-state index < -0.39 is 0 Å². The smallest absolute Gasteiger partial charge is 0.275 e. The first-order chi connectivity index (χ1) is 10.0. The largest absolute Gasteiger partial charge is 0.491 e. The Morgan fingerprint density at radius 2 is 2.14 bits per heavy atom. The van der Waals surface area contributed by atoms with E-state index in [0.717, 1.165) is 38.0 Å². The molecule has 1 aromatic carbocycles. The average Bonchev–Trinajstić information content (AvgIpc) is 2.66. The summed E-state index contributed by atoms with van der Waals surface area (Å²) >= 11 is 0. The molecule has 6 nitrogen and oxygen atoms in total. The quantitative estimate of drug-likeness (QED) is 0.645. The van der Waals surface area contributed by atoms with E-state index in [9.17, 15) is 10.1 Å². The second kappa shape index (κ2) is 7.26. The molecule has 21 heavy (non-hydrogen) atoms. The number of anilines is 1. The van der Waals surface area contributed by atoms with Crippen molar-refractivity contribution < 1.29 is 9.66 Å². The minimum Gasteiger partial charge on any atom is -0.491 e. The minimum absolute atomic E-state index is 0.0121. The van der Waals surface area contributed by atoms with Crippen molar-refractivity contribution in [1.82, 2.24) is 5.32 Å². The van der Waals surface area contributed by atoms with Crippen LogP contribution in [0.25, 0.3) is 0 Å². The maximum absolute atomic E-state index is 11.1. The Labute approximate surface area is 125 Å². The Morgan fingerprint density at radius 3 is 2.86 bits per heavy atom. The molecule has 0 radical (unpaired) electrons. The summed E-state index contributed by atoms with van der Waals surface area (Å²) in [4.78, 5) is 10.7. The topological polar surface area (TPSA) is 76.4 Å². The maximum Gasteiger partial charge on any atom is 0.275 e. The summed E-state index contributed by atoms with van der Waals surface area (Å²) in [5, 5.41) is 17.8. The van der Waals surface area contributed by atoms with Crippen molar-refractivity contribution in [3.63, 3.8) is 0 Å². The van der Waals surface area contributed by atoms with Crippen LogP contribution >= 0.6 is 0 Å². The molecule has 1 aliphatic heterocycles. The van der Waals surface area contributed by atoms with Crippen molar-refractivity contribution in [3.05, 3.63) is 28.3 Å². The van der Waals surface area contributed by atoms with Gasteiger partial charge in [0.1, 0.15) is 5.75 Å². The van der Waals surface area contributed by atoms with Crippen molar-refractivity contribution >= 4 is 11.4 Å². The first-order valence-electron chi connectivity index (χ1n) is 7.48. The molecule has 1 aliphatic rings. The number of benzene rings is 1. The second-order valence-electron chi connectivity index (χ2n) is 5.66. The monoisotopic (exact) mass is 293 g/mol. The van der Waals surface area contributed by atoms with Crippen LogP contribution in [0.4, 0.5) is 11.4 Å². The third-order valence-corrected chi connectivity index (χ3v) is 3.42. The van der Waals surface area contributed by atoms with Crippen LogP contribution in [-0.4, -0.2) is 30.2 Å². The van der Waals surface area contributed by atoms with Crippen molar-refractivity contribution in [2.45, 2.75) is 45.3 Å². The SMILES string of the molecule is CC(C)Oc1cc(NC2CCCNCC2)cc([N+](=O)[O-])c1. The van der Waals surface area contributed by atoms with Crippen LogP contribution in [0.3, 0.4) is 0 Å². The molecule has 1 saturated heterocycles. The average molecular weight is 293 g/mol. The lowest BCUT2D eigenvalue weighted by Crippen LogP contribution is -2.21. The van der Waals surface area contributed by atoms with Gasteiger partial charge in [-0.3, -0.25) is 10.1 Å². The zero-order valence-corrected chi connectivity index (χ0v) is 12.6. The summed E-state index contributed by atoms with van der Waals surface area (Å²) in [6, 6.07) is 5.23. The standard InChI is InChI=1S/C15H23N3O3/c1-11(2)21-15-9-13(8-14(10-15)18(19)20)17-12-4-3-6-16-7-5-12/h8-12,16-17H,3-7H2,1-2H3. The third-order valence-electron chi connectivity index (χ3n) is 3.42. The summed E-state index contributed by atoms with van der Waals surface area (Å²) < 4.78 is 5.60. The number of nitro groups is 1. The van der Waals surface area contributed by atoms with Gasteiger partial charge in [-0.2, -0.15) is 0 Å². The first kappa shape index (κ1) is 15.6. The van der Waals surface area contributed by atoms with Crippen LogP contribution < -0.4 is 15.4 Å². The highest BCUT2D eigenvalue weighted by molar-refractivity contribution is 5.56. The molecule has 0 amide bonds. The van der Waals surface area contributed by atoms with Gasteiger partial charge < -0.3 is 15.4 Å². The van der Waals surface area contributed by atoms with E-state index in [4.69, 9.17) is 4.74 Å². The highest BCUT2D eigenvalue weighted by Gasteiger charge is 2.15. The molecule has 1 fully saturated rings. The number of rotatable bonds is 5. The number of nitrogens with zero attached hydrogens (tertiary/aromatic N) is 1. The van der Waals surface area contributed by atoms with Crippen LogP contribution in [0.5, 0.6) is 5.75 Å². The number of ether oxygens (including phenoxy) is 1. The van der Waals surface area contributed by atoms with Gasteiger partial charge in [0.2, 0.25) is 0 Å². The predicted molar refractivity (Wildman–Crippen MR) is 83.0 cm³/mol. The van der Waals surface area contributed by atoms with Gasteiger partial charge in [-0.15, -0.1) is 0 Å². The van der Waals surface area contributed by atoms with Gasteiger partial charge in [0.15, 0.2) is 0 Å². The van der Waals surface area contributed by atoms with Crippen molar-refractivity contribution in [3.8, 4) is 5.75 Å². The van der Waals surface area contributed by atoms with Gasteiger partial charge in [0.05, 0.1) is 17.1 Å². The molecule has 1 unspecified atom stereocenters. The third kappa shape index (κ3) is 4.90. The van der Waals surface area contributed by atoms with E-state index in [1.807, 2.05) is 19.9 Å². The molecule has 2 rings (SSSR count). The fourth-order valence-corrected chi connectivity index (χ4v) is 2.51. The molecular formula is C15H23N3O3. The van der Waals surface area contributed by atoms with Crippen molar-refractivity contribution in [2.75, 3.05) is 18.4 Å². The molecule has 0 spiro atoms. The fourth-order valence-electron chi connectivity index (χ4n) is 2.51. The van der Waals surface area contributed by atoms with E-state index in [0.29, 0.717) is 11.8 Å². The van der Waals surface area contributed by atoms with E-state index in [2.05, 4.69) is 10.6 Å². The van der Waals surface area contributed by atoms with Crippen LogP contribution in [0, 0.1) is 10.1 Å². The van der Waals surface area contributed by atoms with Crippen molar-refractivity contribution in [2.24, 2.45) is 0 Å². The number of nitrogens with one attached hydrogen (secondary N) is 2. The van der Waals surface area contributed by atoms with Gasteiger partial charge in [-0.05, 0) is 46.2 Å². The summed E-state index contributed by atoms with van der Waals surface area (Å²) in [7, 11) is 0. The summed E-state index contributed by atoms with van der Waals surface area (Å²) in [6.07, 6.45) is 3.18. The highest BCUT2D eigenvalue weighted by atomic mass is 16.6. The number of nitro benzene ring substituents is 1. The zero-order chi connectivity index (χ0) is 15.2. The minimum atomic E-state index is -0.382. The maximum atomic E-state index is 11.1. The van der Waals surface area contributed by atoms with E-state index >= 15 is 0 Å². The van der Waals surface area contributed by atoms with Crippen LogP contribution in [0.1, 0.15) is 33.1 Å². The molecule has 1 aromatic rings. The lowest BCUT2D eigenvalue weighted by atomic mass is 10.1. The molecule has 1 heterocycles. The normalized spacial score (nSPS) is 19.1. The molecule has 6 heteroatoms. The Kier molecular flexibility index (Phi) is 5.38. The molecule has 0 bridgehead atoms. The predicted octanol–water partition coefficient (Wildman–Crippen LogP) is 2.94. The fraction of sp³-hybridized carbons (Fsp3) is 0.600. The molecule has 1 atom stereocenters. The Bertz CT molecular complexity index is 483.